The molecule has 0 fully saturated rings. The SMILES string of the molecule is O.O.O.O.OP(O)(O)=S.OP(O)(O)=S. The zero-order valence-electron chi connectivity index (χ0n) is 6.39. The highest BCUT2D eigenvalue weighted by atomic mass is 32.5. The van der Waals surface area contributed by atoms with E-state index in [4.69, 9.17) is 29.4 Å². The molecule has 0 unspecified atom stereocenters. The second kappa shape index (κ2) is 13.9. The van der Waals surface area contributed by atoms with E-state index in [1.165, 1.54) is 0 Å². The zero-order valence-corrected chi connectivity index (χ0v) is 9.82. The van der Waals surface area contributed by atoms with Gasteiger partial charge < -0.3 is 51.3 Å². The van der Waals surface area contributed by atoms with Gasteiger partial charge in [0.1, 0.15) is 0 Å². The molecule has 0 rings (SSSR count). The quantitative estimate of drug-likeness (QED) is 0.236. The van der Waals surface area contributed by atoms with Crippen molar-refractivity contribution >= 4 is 37.1 Å². The van der Waals surface area contributed by atoms with Crippen LogP contribution in [-0.4, -0.2) is 51.3 Å². The third-order valence-electron chi connectivity index (χ3n) is 0. The second-order valence-electron chi connectivity index (χ2n) is 1.03. The lowest BCUT2D eigenvalue weighted by Gasteiger charge is -1.88. The van der Waals surface area contributed by atoms with E-state index in [2.05, 4.69) is 23.6 Å². The smallest absolute Gasteiger partial charge is 0.319 e. The summed E-state index contributed by atoms with van der Waals surface area (Å²) in [7, 11) is 0. The summed E-state index contributed by atoms with van der Waals surface area (Å²) in [6.07, 6.45) is 0. The molecule has 14 heteroatoms. The van der Waals surface area contributed by atoms with E-state index in [-0.39, 0.29) is 21.9 Å². The number of rotatable bonds is 0. The summed E-state index contributed by atoms with van der Waals surface area (Å²) < 4.78 is 0. The van der Waals surface area contributed by atoms with Crippen LogP contribution in [0.5, 0.6) is 0 Å². The van der Waals surface area contributed by atoms with Crippen LogP contribution >= 0.6 is 13.4 Å². The fourth-order valence-corrected chi connectivity index (χ4v) is 0. The average Bonchev–Trinajstić information content (AvgIpc) is 1.12. The van der Waals surface area contributed by atoms with Crippen LogP contribution in [-0.2, 0) is 23.6 Å². The lowest BCUT2D eigenvalue weighted by atomic mass is 15.8. The average molecular weight is 300 g/mol. The first-order valence-corrected chi connectivity index (χ1v) is 6.89. The maximum atomic E-state index is 7.56. The Kier molecular flexibility index (Phi) is 36.1. The van der Waals surface area contributed by atoms with E-state index in [0.29, 0.717) is 0 Å². The molecule has 0 aliphatic carbocycles. The van der Waals surface area contributed by atoms with Crippen LogP contribution in [0.25, 0.3) is 0 Å². The fraction of sp³-hybridized carbons (Fsp3) is 0. The minimum Gasteiger partial charge on any atom is -0.412 e. The standard InChI is InChI=1S/2H3O3PS.4H2O/c2*1-4(2,3)5;;;;/h2*(H3,1,2,3,5);4*1H2. The van der Waals surface area contributed by atoms with E-state index >= 15 is 0 Å². The summed E-state index contributed by atoms with van der Waals surface area (Å²) in [5.41, 5.74) is 0. The second-order valence-corrected chi connectivity index (χ2v) is 6.02. The Labute approximate surface area is 88.8 Å². The molecule has 0 bridgehead atoms. The monoisotopic (exact) mass is 300 g/mol. The summed E-state index contributed by atoms with van der Waals surface area (Å²) in [5, 5.41) is 0. The van der Waals surface area contributed by atoms with Gasteiger partial charge in [-0.3, -0.25) is 0 Å². The Morgan fingerprint density at radius 2 is 0.500 bits per heavy atom. The highest BCUT2D eigenvalue weighted by Gasteiger charge is 1.92. The summed E-state index contributed by atoms with van der Waals surface area (Å²) in [5.74, 6) is 0. The van der Waals surface area contributed by atoms with Crippen LogP contribution in [0.15, 0.2) is 0 Å². The predicted octanol–water partition coefficient (Wildman–Crippen LogP) is -4.92. The molecule has 10 nitrogen and oxygen atoms in total. The van der Waals surface area contributed by atoms with Gasteiger partial charge in [0.2, 0.25) is 0 Å². The topological polar surface area (TPSA) is 247 Å². The maximum absolute atomic E-state index is 7.56. The Hall–Kier alpha value is 0.900. The largest absolute Gasteiger partial charge is 0.412 e. The van der Waals surface area contributed by atoms with Crippen LogP contribution in [0.1, 0.15) is 0 Å². The van der Waals surface area contributed by atoms with Crippen molar-refractivity contribution in [2.75, 3.05) is 0 Å². The van der Waals surface area contributed by atoms with Gasteiger partial charge in [-0.15, -0.1) is 0 Å². The maximum Gasteiger partial charge on any atom is 0.319 e. The minimum atomic E-state index is -3.81. The molecular weight excluding hydrogens is 286 g/mol. The Bertz CT molecular complexity index is 128. The van der Waals surface area contributed by atoms with Gasteiger partial charge in [-0.2, -0.15) is 0 Å². The molecule has 0 aliphatic heterocycles. The molecule has 0 amide bonds. The lowest BCUT2D eigenvalue weighted by molar-refractivity contribution is 0.361. The van der Waals surface area contributed by atoms with Gasteiger partial charge in [0.25, 0.3) is 0 Å². The van der Waals surface area contributed by atoms with Crippen LogP contribution in [0.3, 0.4) is 0 Å². The van der Waals surface area contributed by atoms with Crippen molar-refractivity contribution in [3.8, 4) is 0 Å². The van der Waals surface area contributed by atoms with Gasteiger partial charge in [0, 0.05) is 0 Å². The summed E-state index contributed by atoms with van der Waals surface area (Å²) >= 11 is 7.21. The molecule has 0 aromatic carbocycles. The van der Waals surface area contributed by atoms with E-state index in [0.717, 1.165) is 0 Å². The van der Waals surface area contributed by atoms with Crippen molar-refractivity contribution in [1.29, 1.82) is 0 Å². The third kappa shape index (κ3) is 2260. The summed E-state index contributed by atoms with van der Waals surface area (Å²) in [4.78, 5) is 45.3. The molecular formula is H14O10P2S2. The van der Waals surface area contributed by atoms with Crippen LogP contribution < -0.4 is 0 Å². The molecule has 0 saturated carbocycles. The molecule has 0 saturated heterocycles. The van der Waals surface area contributed by atoms with Crippen LogP contribution in [0.2, 0.25) is 0 Å². The molecule has 96 valence electrons. The highest BCUT2D eigenvalue weighted by Crippen LogP contribution is 2.26. The van der Waals surface area contributed by atoms with E-state index in [1.54, 1.807) is 0 Å². The molecule has 0 aliphatic rings. The molecule has 0 atom stereocenters. The summed E-state index contributed by atoms with van der Waals surface area (Å²) in [6, 6.07) is 0. The van der Waals surface area contributed by atoms with E-state index in [9.17, 15) is 0 Å². The Morgan fingerprint density at radius 1 is 0.500 bits per heavy atom. The molecule has 0 aromatic rings. The first-order valence-electron chi connectivity index (χ1n) is 1.57. The molecule has 0 aromatic heterocycles. The molecule has 0 radical (unpaired) electrons. The third-order valence-corrected chi connectivity index (χ3v) is 0. The van der Waals surface area contributed by atoms with Crippen molar-refractivity contribution in [3.63, 3.8) is 0 Å². The highest BCUT2D eigenvalue weighted by molar-refractivity contribution is 8.06. The number of hydrogen-bond donors (Lipinski definition) is 6. The minimum absolute atomic E-state index is 0. The molecule has 0 heterocycles. The first-order chi connectivity index (χ1) is 4.00. The summed E-state index contributed by atoms with van der Waals surface area (Å²) in [6.45, 7) is -7.61. The zero-order chi connectivity index (χ0) is 9.00. The Morgan fingerprint density at radius 3 is 0.500 bits per heavy atom. The van der Waals surface area contributed by atoms with E-state index in [1.807, 2.05) is 0 Å². The van der Waals surface area contributed by atoms with Gasteiger partial charge in [-0.1, -0.05) is 0 Å². The van der Waals surface area contributed by atoms with Crippen molar-refractivity contribution in [2.24, 2.45) is 0 Å². The first kappa shape index (κ1) is 36.3. The molecule has 14 N–H and O–H groups in total. The van der Waals surface area contributed by atoms with Gasteiger partial charge in [-0.25, -0.2) is 0 Å². The fourth-order valence-electron chi connectivity index (χ4n) is 0. The van der Waals surface area contributed by atoms with Crippen molar-refractivity contribution < 1.29 is 51.3 Å². The normalized spacial score (nSPS) is 8.43. The van der Waals surface area contributed by atoms with Gasteiger partial charge >= 0.3 is 13.4 Å². The molecule has 14 heavy (non-hydrogen) atoms. The Balaban J connectivity index is -0.0000000178. The van der Waals surface area contributed by atoms with Crippen molar-refractivity contribution in [3.05, 3.63) is 0 Å². The predicted molar refractivity (Wildman–Crippen MR) is 56.3 cm³/mol. The lowest BCUT2D eigenvalue weighted by Crippen LogP contribution is -1.65. The van der Waals surface area contributed by atoms with Crippen LogP contribution in [0.4, 0.5) is 0 Å². The van der Waals surface area contributed by atoms with Crippen molar-refractivity contribution in [2.45, 2.75) is 0 Å². The van der Waals surface area contributed by atoms with E-state index < -0.39 is 13.4 Å². The van der Waals surface area contributed by atoms with Gasteiger partial charge in [0.05, 0.1) is 0 Å². The number of hydrogen-bond acceptors (Lipinski definition) is 2. The van der Waals surface area contributed by atoms with Gasteiger partial charge in [-0.05, 0) is 23.6 Å². The molecule has 0 spiro atoms. The van der Waals surface area contributed by atoms with Crippen LogP contribution in [0, 0.1) is 0 Å². The van der Waals surface area contributed by atoms with Crippen molar-refractivity contribution in [1.82, 2.24) is 0 Å². The van der Waals surface area contributed by atoms with Gasteiger partial charge in [0.15, 0.2) is 0 Å².